The minimum absolute atomic E-state index is 0.611. The second-order valence-electron chi connectivity index (χ2n) is 14.4. The molecule has 4 heterocycles. The van der Waals surface area contributed by atoms with Gasteiger partial charge in [0.15, 0.2) is 17.5 Å². The van der Waals surface area contributed by atoms with E-state index in [2.05, 4.69) is 127 Å². The van der Waals surface area contributed by atoms with Crippen LogP contribution < -0.4 is 0 Å². The molecule has 58 heavy (non-hydrogen) atoms. The van der Waals surface area contributed by atoms with E-state index in [1.165, 1.54) is 42.0 Å². The number of para-hydroxylation sites is 1. The van der Waals surface area contributed by atoms with Gasteiger partial charge in [-0.1, -0.05) is 115 Å². The molecule has 7 aromatic carbocycles. The molecular weight excluding hydrogens is 745 g/mol. The largest absolute Gasteiger partial charge is 0.309 e. The Morgan fingerprint density at radius 3 is 1.84 bits per heavy atom. The minimum Gasteiger partial charge on any atom is -0.309 e. The Morgan fingerprint density at radius 1 is 0.517 bits per heavy atom. The molecule has 0 unspecified atom stereocenters. The van der Waals surface area contributed by atoms with Crippen molar-refractivity contribution in [1.82, 2.24) is 19.5 Å². The summed E-state index contributed by atoms with van der Waals surface area (Å²) in [5, 5.41) is 6.14. The highest BCUT2D eigenvalue weighted by Gasteiger charge is 2.18. The molecule has 0 aliphatic rings. The Morgan fingerprint density at radius 2 is 1.10 bits per heavy atom. The van der Waals surface area contributed by atoms with Crippen LogP contribution in [0, 0.1) is 12.3 Å². The number of terminal acetylenes is 1. The zero-order valence-corrected chi connectivity index (χ0v) is 33.0. The van der Waals surface area contributed by atoms with Crippen LogP contribution in [-0.4, -0.2) is 19.5 Å². The summed E-state index contributed by atoms with van der Waals surface area (Å²) in [5.41, 5.74) is 9.57. The van der Waals surface area contributed by atoms with Crippen molar-refractivity contribution in [2.24, 2.45) is 0 Å². The molecule has 0 fully saturated rings. The SMILES string of the molecule is C#Cc1sc2ccc(-c3ccc4c(c3)c3ccccc3n4-c3ccc4sc5ccccc5c4c3)cc2c1C=C(C)c1nc(-c2ccccc2)nc(-c2ccccc2)n1. The van der Waals surface area contributed by atoms with E-state index in [1.807, 2.05) is 72.0 Å². The number of allylic oxidation sites excluding steroid dienone is 1. The van der Waals surface area contributed by atoms with Crippen LogP contribution in [0.25, 0.3) is 103 Å². The maximum Gasteiger partial charge on any atom is 0.164 e. The monoisotopic (exact) mass is 776 g/mol. The second kappa shape index (κ2) is 13.8. The van der Waals surface area contributed by atoms with Gasteiger partial charge in [-0.05, 0) is 84.3 Å². The number of aromatic nitrogens is 4. The van der Waals surface area contributed by atoms with Crippen LogP contribution >= 0.6 is 22.7 Å². The lowest BCUT2D eigenvalue weighted by molar-refractivity contribution is 1.03. The predicted molar refractivity (Wildman–Crippen MR) is 247 cm³/mol. The lowest BCUT2D eigenvalue weighted by Crippen LogP contribution is -2.01. The van der Waals surface area contributed by atoms with Gasteiger partial charge >= 0.3 is 0 Å². The van der Waals surface area contributed by atoms with Gasteiger partial charge in [0.1, 0.15) is 0 Å². The topological polar surface area (TPSA) is 43.6 Å². The van der Waals surface area contributed by atoms with Gasteiger partial charge in [-0.2, -0.15) is 0 Å². The Labute approximate surface area is 343 Å². The smallest absolute Gasteiger partial charge is 0.164 e. The summed E-state index contributed by atoms with van der Waals surface area (Å²) in [6, 6.07) is 57.9. The van der Waals surface area contributed by atoms with Crippen LogP contribution in [0.1, 0.15) is 23.2 Å². The Kier molecular flexibility index (Phi) is 8.11. The highest BCUT2D eigenvalue weighted by Crippen LogP contribution is 2.41. The molecule has 11 aromatic rings. The Hall–Kier alpha value is -7.17. The summed E-state index contributed by atoms with van der Waals surface area (Å²) in [6.07, 6.45) is 8.32. The van der Waals surface area contributed by atoms with E-state index in [0.29, 0.717) is 17.5 Å². The van der Waals surface area contributed by atoms with E-state index in [9.17, 15) is 0 Å². The molecule has 11 rings (SSSR count). The lowest BCUT2D eigenvalue weighted by Gasteiger charge is -2.09. The number of hydrogen-bond donors (Lipinski definition) is 0. The molecule has 0 radical (unpaired) electrons. The van der Waals surface area contributed by atoms with E-state index in [4.69, 9.17) is 21.4 Å². The first-order valence-corrected chi connectivity index (χ1v) is 20.8. The van der Waals surface area contributed by atoms with E-state index < -0.39 is 0 Å². The van der Waals surface area contributed by atoms with Crippen LogP contribution in [0.3, 0.4) is 0 Å². The molecule has 0 saturated carbocycles. The van der Waals surface area contributed by atoms with Crippen LogP contribution in [0.15, 0.2) is 164 Å². The van der Waals surface area contributed by atoms with Crippen LogP contribution in [-0.2, 0) is 0 Å². The van der Waals surface area contributed by atoms with Gasteiger partial charge < -0.3 is 4.57 Å². The van der Waals surface area contributed by atoms with Crippen molar-refractivity contribution in [2.45, 2.75) is 6.92 Å². The fourth-order valence-corrected chi connectivity index (χ4v) is 10.2. The summed E-state index contributed by atoms with van der Waals surface area (Å²) in [5.74, 6) is 4.84. The van der Waals surface area contributed by atoms with Crippen molar-refractivity contribution in [3.63, 3.8) is 0 Å². The molecular formula is C52H32N4S2. The maximum absolute atomic E-state index is 6.18. The molecule has 272 valence electrons. The number of fused-ring (bicyclic) bond motifs is 7. The molecule has 6 heteroatoms. The van der Waals surface area contributed by atoms with E-state index >= 15 is 0 Å². The normalized spacial score (nSPS) is 12.0. The highest BCUT2D eigenvalue weighted by molar-refractivity contribution is 7.25. The van der Waals surface area contributed by atoms with E-state index in [0.717, 1.165) is 54.0 Å². The number of nitrogens with zero attached hydrogens (tertiary/aromatic N) is 4. The number of rotatable bonds is 6. The molecule has 0 aliphatic carbocycles. The first-order chi connectivity index (χ1) is 28.6. The first-order valence-electron chi connectivity index (χ1n) is 19.1. The van der Waals surface area contributed by atoms with Crippen LogP contribution in [0.4, 0.5) is 0 Å². The molecule has 0 spiro atoms. The number of thiophene rings is 2. The molecule has 4 aromatic heterocycles. The van der Waals surface area contributed by atoms with Crippen molar-refractivity contribution >= 4 is 86.4 Å². The minimum atomic E-state index is 0.611. The molecule has 0 saturated heterocycles. The van der Waals surface area contributed by atoms with E-state index in [1.54, 1.807) is 11.3 Å². The second-order valence-corrected chi connectivity index (χ2v) is 16.6. The van der Waals surface area contributed by atoms with Gasteiger partial charge in [0.05, 0.1) is 15.9 Å². The van der Waals surface area contributed by atoms with Crippen molar-refractivity contribution in [1.29, 1.82) is 0 Å². The van der Waals surface area contributed by atoms with Gasteiger partial charge in [0.2, 0.25) is 0 Å². The Bertz CT molecular complexity index is 3420. The average molecular weight is 777 g/mol. The summed E-state index contributed by atoms with van der Waals surface area (Å²) in [4.78, 5) is 15.7. The molecule has 0 atom stereocenters. The summed E-state index contributed by atoms with van der Waals surface area (Å²) in [6.45, 7) is 2.05. The van der Waals surface area contributed by atoms with E-state index in [-0.39, 0.29) is 0 Å². The zero-order valence-electron chi connectivity index (χ0n) is 31.3. The highest BCUT2D eigenvalue weighted by atomic mass is 32.1. The molecule has 0 aliphatic heterocycles. The summed E-state index contributed by atoms with van der Waals surface area (Å²) < 4.78 is 6.15. The third-order valence-electron chi connectivity index (χ3n) is 10.9. The van der Waals surface area contributed by atoms with Crippen molar-refractivity contribution < 1.29 is 0 Å². The van der Waals surface area contributed by atoms with Crippen LogP contribution in [0.5, 0.6) is 0 Å². The number of benzene rings is 7. The van der Waals surface area contributed by atoms with Gasteiger partial charge in [-0.3, -0.25) is 0 Å². The van der Waals surface area contributed by atoms with Gasteiger partial charge in [-0.15, -0.1) is 29.1 Å². The molecule has 4 nitrogen and oxygen atoms in total. The molecule has 0 N–H and O–H groups in total. The van der Waals surface area contributed by atoms with Crippen molar-refractivity contribution in [3.05, 3.63) is 180 Å². The summed E-state index contributed by atoms with van der Waals surface area (Å²) >= 11 is 3.48. The van der Waals surface area contributed by atoms with Gasteiger partial charge in [-0.25, -0.2) is 15.0 Å². The number of hydrogen-bond acceptors (Lipinski definition) is 5. The Balaban J connectivity index is 1.03. The fourth-order valence-electron chi connectivity index (χ4n) is 8.10. The molecule has 0 bridgehead atoms. The van der Waals surface area contributed by atoms with Gasteiger partial charge in [0, 0.05) is 63.4 Å². The summed E-state index contributed by atoms with van der Waals surface area (Å²) in [7, 11) is 0. The first kappa shape index (κ1) is 34.1. The van der Waals surface area contributed by atoms with Crippen molar-refractivity contribution in [3.8, 4) is 51.9 Å². The third-order valence-corrected chi connectivity index (χ3v) is 13.2. The van der Waals surface area contributed by atoms with Gasteiger partial charge in [0.25, 0.3) is 0 Å². The fraction of sp³-hybridized carbons (Fsp3) is 0.0192. The van der Waals surface area contributed by atoms with Crippen LogP contribution in [0.2, 0.25) is 0 Å². The lowest BCUT2D eigenvalue weighted by atomic mass is 9.99. The predicted octanol–water partition coefficient (Wildman–Crippen LogP) is 14.1. The third kappa shape index (κ3) is 5.71. The average Bonchev–Trinajstić information content (AvgIpc) is 3.95. The standard InChI is InChI=1S/C52H32N4S2/c1-3-46-41(28-32(2)50-53-51(33-14-6-4-7-15-33)55-52(54-50)34-16-8-5-9-17-34)42-30-36(23-26-48(42)57-46)35-22-25-45-40(29-35)38-18-10-12-20-44(38)56(45)37-24-27-49-43(31-37)39-19-11-13-21-47(39)58-49/h1,4-31H,2H3. The van der Waals surface area contributed by atoms with Crippen molar-refractivity contribution in [2.75, 3.05) is 0 Å². The molecule has 0 amide bonds. The zero-order chi connectivity index (χ0) is 38.7. The maximum atomic E-state index is 6.18. The quantitative estimate of drug-likeness (QED) is 0.158.